The van der Waals surface area contributed by atoms with Crippen molar-refractivity contribution in [3.63, 3.8) is 0 Å². The fraction of sp³-hybridized carbons (Fsp3) is 0.400. The zero-order valence-corrected chi connectivity index (χ0v) is 35.6. The number of carbonyl (C=O) groups excluding carboxylic acids is 7. The molecule has 1 aliphatic heterocycles. The van der Waals surface area contributed by atoms with Gasteiger partial charge in [0.2, 0.25) is 11.8 Å². The van der Waals surface area contributed by atoms with Crippen LogP contribution in [0.25, 0.3) is 11.1 Å². The van der Waals surface area contributed by atoms with E-state index in [1.54, 1.807) is 54.6 Å². The Kier molecular flexibility index (Phi) is 17.7. The number of terminal acetylenes is 1. The van der Waals surface area contributed by atoms with Crippen LogP contribution in [0.2, 0.25) is 0 Å². The summed E-state index contributed by atoms with van der Waals surface area (Å²) in [5.74, 6) is -5.00. The molecule has 18 heteroatoms. The maximum Gasteiger partial charge on any atom is 0.366 e. The first-order chi connectivity index (χ1) is 30.0. The highest BCUT2D eigenvalue weighted by atomic mass is 16.7. The molecule has 1 fully saturated rings. The molecule has 336 valence electrons. The van der Waals surface area contributed by atoms with E-state index in [1.165, 1.54) is 6.92 Å². The van der Waals surface area contributed by atoms with Gasteiger partial charge in [0, 0.05) is 27.7 Å². The predicted molar refractivity (Wildman–Crippen MR) is 220 cm³/mol. The summed E-state index contributed by atoms with van der Waals surface area (Å²) < 4.78 is 45.1. The molecule has 3 aromatic carbocycles. The van der Waals surface area contributed by atoms with Crippen LogP contribution in [0.1, 0.15) is 50.8 Å². The first-order valence-electron chi connectivity index (χ1n) is 19.6. The third kappa shape index (κ3) is 14.1. The highest BCUT2D eigenvalue weighted by molar-refractivity contribution is 5.81. The Morgan fingerprint density at radius 2 is 1.51 bits per heavy atom. The number of nitrogens with one attached hydrogen (secondary N) is 2. The summed E-state index contributed by atoms with van der Waals surface area (Å²) in [6, 6.07) is 17.3. The number of rotatable bonds is 19. The summed E-state index contributed by atoms with van der Waals surface area (Å²) in [6.45, 7) is 4.46. The number of aryl methyl sites for hydroxylation is 1. The van der Waals surface area contributed by atoms with Gasteiger partial charge in [-0.05, 0) is 59.0 Å². The van der Waals surface area contributed by atoms with E-state index < -0.39 is 97.5 Å². The molecular weight excluding hydrogens is 824 g/mol. The summed E-state index contributed by atoms with van der Waals surface area (Å²) in [4.78, 5) is 89.4. The topological polar surface area (TPSA) is 238 Å². The second-order valence-corrected chi connectivity index (χ2v) is 14.3. The molecule has 0 unspecified atom stereocenters. The lowest BCUT2D eigenvalue weighted by molar-refractivity contribution is -0.317. The zero-order chi connectivity index (χ0) is 46.3. The van der Waals surface area contributed by atoms with Crippen LogP contribution in [0.3, 0.4) is 0 Å². The van der Waals surface area contributed by atoms with Crippen molar-refractivity contribution in [2.45, 2.75) is 90.3 Å². The number of methoxy groups -OCH3 is 1. The minimum Gasteiger partial charge on any atom is -0.481 e. The van der Waals surface area contributed by atoms with E-state index in [2.05, 4.69) is 16.6 Å². The normalized spacial score (nSPS) is 18.9. The molecule has 0 aromatic heterocycles. The van der Waals surface area contributed by atoms with Crippen LogP contribution in [0.15, 0.2) is 66.7 Å². The average molecular weight is 875 g/mol. The molecule has 3 aromatic rings. The van der Waals surface area contributed by atoms with Crippen LogP contribution in [0.4, 0.5) is 0 Å². The number of esters is 5. The predicted octanol–water partition coefficient (Wildman–Crippen LogP) is 2.41. The molecule has 0 bridgehead atoms. The molecule has 0 aliphatic carbocycles. The lowest BCUT2D eigenvalue weighted by Crippen LogP contribution is -2.69. The fourth-order valence-corrected chi connectivity index (χ4v) is 6.79. The first-order valence-corrected chi connectivity index (χ1v) is 19.6. The summed E-state index contributed by atoms with van der Waals surface area (Å²) in [5.41, 5.74) is 3.59. The molecule has 0 saturated carbocycles. The number of hydrogen-bond acceptors (Lipinski definition) is 16. The molecule has 0 radical (unpaired) electrons. The Morgan fingerprint density at radius 3 is 2.08 bits per heavy atom. The minimum absolute atomic E-state index is 0.0236. The van der Waals surface area contributed by atoms with E-state index in [0.29, 0.717) is 22.6 Å². The van der Waals surface area contributed by atoms with Crippen LogP contribution in [-0.2, 0) is 75.0 Å². The first kappa shape index (κ1) is 48.9. The number of benzene rings is 3. The molecule has 6 atom stereocenters. The largest absolute Gasteiger partial charge is 0.481 e. The number of aliphatic hydroxyl groups excluding tert-OH is 1. The van der Waals surface area contributed by atoms with Crippen molar-refractivity contribution >= 4 is 41.7 Å². The molecular formula is C45H50N2O16. The van der Waals surface area contributed by atoms with Crippen LogP contribution in [0, 0.1) is 19.3 Å². The van der Waals surface area contributed by atoms with Crippen LogP contribution in [0.5, 0.6) is 11.5 Å². The van der Waals surface area contributed by atoms with Crippen molar-refractivity contribution < 1.29 is 76.6 Å². The van der Waals surface area contributed by atoms with E-state index in [-0.39, 0.29) is 19.6 Å². The number of hydrogen-bond donors (Lipinski definition) is 3. The number of amides is 2. The number of aliphatic hydroxyl groups is 1. The zero-order valence-electron chi connectivity index (χ0n) is 35.6. The van der Waals surface area contributed by atoms with Crippen molar-refractivity contribution in [1.29, 1.82) is 0 Å². The monoisotopic (exact) mass is 874 g/mol. The van der Waals surface area contributed by atoms with Gasteiger partial charge in [-0.3, -0.25) is 28.8 Å². The Hall–Kier alpha value is -6.81. The van der Waals surface area contributed by atoms with E-state index in [0.717, 1.165) is 44.6 Å². The van der Waals surface area contributed by atoms with Gasteiger partial charge >= 0.3 is 29.8 Å². The molecule has 1 heterocycles. The molecule has 18 nitrogen and oxygen atoms in total. The van der Waals surface area contributed by atoms with E-state index in [9.17, 15) is 38.7 Å². The van der Waals surface area contributed by atoms with Gasteiger partial charge in [-0.2, -0.15) is 0 Å². The maximum atomic E-state index is 13.8. The van der Waals surface area contributed by atoms with E-state index in [1.807, 2.05) is 19.1 Å². The number of carbonyl (C=O) groups is 7. The van der Waals surface area contributed by atoms with Crippen molar-refractivity contribution in [3.05, 3.63) is 83.4 Å². The average Bonchev–Trinajstić information content (AvgIpc) is 3.24. The molecule has 0 spiro atoms. The Bertz CT molecular complexity index is 2170. The third-order valence-electron chi connectivity index (χ3n) is 9.51. The summed E-state index contributed by atoms with van der Waals surface area (Å²) in [5, 5.41) is 14.9. The van der Waals surface area contributed by atoms with E-state index in [4.69, 9.17) is 44.3 Å². The summed E-state index contributed by atoms with van der Waals surface area (Å²) >= 11 is 0. The summed E-state index contributed by atoms with van der Waals surface area (Å²) in [7, 11) is 1.05. The smallest absolute Gasteiger partial charge is 0.366 e. The quantitative estimate of drug-likeness (QED) is 0.0679. The highest BCUT2D eigenvalue weighted by Crippen LogP contribution is 2.38. The van der Waals surface area contributed by atoms with Gasteiger partial charge in [0.05, 0.1) is 39.1 Å². The molecule has 4 rings (SSSR count). The van der Waals surface area contributed by atoms with Crippen LogP contribution >= 0.6 is 0 Å². The minimum atomic E-state index is -2.44. The fourth-order valence-electron chi connectivity index (χ4n) is 6.79. The van der Waals surface area contributed by atoms with Gasteiger partial charge in [0.15, 0.2) is 12.2 Å². The Balaban J connectivity index is 1.67. The lowest BCUT2D eigenvalue weighted by atomic mass is 9.87. The van der Waals surface area contributed by atoms with Crippen molar-refractivity contribution in [2.75, 3.05) is 26.9 Å². The molecule has 2 amide bonds. The van der Waals surface area contributed by atoms with Gasteiger partial charge in [-0.15, -0.1) is 6.42 Å². The molecule has 63 heavy (non-hydrogen) atoms. The Morgan fingerprint density at radius 1 is 0.857 bits per heavy atom. The maximum absolute atomic E-state index is 13.8. The second-order valence-electron chi connectivity index (χ2n) is 14.3. The molecule has 1 saturated heterocycles. The van der Waals surface area contributed by atoms with Gasteiger partial charge in [-0.1, -0.05) is 48.4 Å². The second kappa shape index (κ2) is 22.9. The van der Waals surface area contributed by atoms with E-state index >= 15 is 0 Å². The van der Waals surface area contributed by atoms with Gasteiger partial charge < -0.3 is 53.6 Å². The Labute approximate surface area is 363 Å². The van der Waals surface area contributed by atoms with Gasteiger partial charge in [0.1, 0.15) is 36.9 Å². The van der Waals surface area contributed by atoms with Crippen LogP contribution in [-0.4, -0.2) is 110 Å². The number of ether oxygens (including phenoxy) is 8. The van der Waals surface area contributed by atoms with Gasteiger partial charge in [0.25, 0.3) is 5.79 Å². The van der Waals surface area contributed by atoms with Crippen molar-refractivity contribution in [3.8, 4) is 35.0 Å². The highest BCUT2D eigenvalue weighted by Gasteiger charge is 2.59. The van der Waals surface area contributed by atoms with Gasteiger partial charge in [-0.25, -0.2) is 4.79 Å². The third-order valence-corrected chi connectivity index (χ3v) is 9.51. The molecule has 1 aliphatic rings. The SMILES string of the molecule is C#CCOc1ccc(CO[C@]2(C(=O)OC)C[C@H](OC(C)=O)[C@@H](NC(=O)CO)[C@H]([C@H](OC(C)=O)[C@@H](CNC(=O)Cc3ccc(-c4ccc(OC(C)=O)cc4)cc3C)OC(C)=O)O2)cc1. The van der Waals surface area contributed by atoms with Crippen molar-refractivity contribution in [1.82, 2.24) is 10.6 Å². The standard InChI is InChI=1S/C45H50N2O16/c1-8-19-57-35-15-9-31(10-16-35)25-58-45(44(55)56-7)22-37(60-28(4)50)41(47-40(54)24-48)43(63-45)42(62-30(6)52)38(61-29(5)51)23-46-39(53)21-33-11-12-34(20-26(33)2)32-13-17-36(18-14-32)59-27(3)49/h1,9-18,20,37-38,41-43,48H,19,21-25H2,2-7H3,(H,46,53)(H,47,54)/t37-,38+,41+,42+,43+,45+/m0/s1. The summed E-state index contributed by atoms with van der Waals surface area (Å²) in [6.07, 6.45) is -2.04. The lowest BCUT2D eigenvalue weighted by Gasteiger charge is -2.48. The van der Waals surface area contributed by atoms with Crippen LogP contribution < -0.4 is 20.1 Å². The van der Waals surface area contributed by atoms with Crippen molar-refractivity contribution in [2.24, 2.45) is 0 Å². The molecule has 3 N–H and O–H groups in total.